The first-order valence-corrected chi connectivity index (χ1v) is 29.0. The number of nitrogen functional groups attached to an aromatic ring is 1. The van der Waals surface area contributed by atoms with Gasteiger partial charge in [0, 0.05) is 25.6 Å². The number of nitrogens with zero attached hydrogens (tertiary/aromatic N) is 2. The van der Waals surface area contributed by atoms with Gasteiger partial charge in [0.25, 0.3) is 0 Å². The van der Waals surface area contributed by atoms with Crippen molar-refractivity contribution < 1.29 is 71.4 Å². The van der Waals surface area contributed by atoms with E-state index in [1.165, 1.54) is 25.3 Å². The molecule has 1 aromatic rings. The van der Waals surface area contributed by atoms with Crippen LogP contribution in [0.3, 0.4) is 0 Å². The lowest BCUT2D eigenvalue weighted by molar-refractivity contribution is -0.161. The first kappa shape index (κ1) is 66.5. The minimum atomic E-state index is -5.46. The average Bonchev–Trinajstić information content (AvgIpc) is 3.65. The monoisotopic (exact) mass is 1090 g/mol. The third-order valence-corrected chi connectivity index (χ3v) is 13.5. The standard InChI is InChI=1S/C54H83N3O16P2/c1-2-3-4-5-6-7-8-9-10-11-12-14-17-20-23-26-29-32-35-38-49(59)68-43-46(71-50(60)39-36-33-30-27-24-21-18-15-13-16-19-22-25-28-31-34-37-42-58)44-69-74(64,65)73-75(66,67)70-45-47-51(61)52(62)53(72-47)57-41-40-48(55)56-54(57)63/h6-7,9-10,12-14,16,18,20-23,25,27,29-30,32,40-41,46-47,51-53,58,61-62H,2-5,8,11,15,17,19,24,26,28,31,33-39,42-45H2,1H3,(H,64,65)(H,66,67)(H2,55,56,63)/b7-6-,10-9-,14-12-,16-13-,21-18-,23-20-,25-22-,30-27-,32-29-/t46-,47-,51-,52-,53-/m1/s1. The van der Waals surface area contributed by atoms with E-state index in [1.54, 1.807) is 0 Å². The van der Waals surface area contributed by atoms with Crippen LogP contribution in [0.1, 0.15) is 142 Å². The molecule has 1 aliphatic rings. The van der Waals surface area contributed by atoms with Gasteiger partial charge in [0.1, 0.15) is 30.7 Å². The Morgan fingerprint density at radius 3 is 1.68 bits per heavy atom. The molecule has 1 fully saturated rings. The van der Waals surface area contributed by atoms with Crippen molar-refractivity contribution in [3.63, 3.8) is 0 Å². The van der Waals surface area contributed by atoms with E-state index in [9.17, 15) is 43.5 Å². The summed E-state index contributed by atoms with van der Waals surface area (Å²) < 4.78 is 56.6. The number of ether oxygens (including phenoxy) is 3. The average molecular weight is 1090 g/mol. The van der Waals surface area contributed by atoms with Crippen molar-refractivity contribution in [2.45, 2.75) is 166 Å². The highest BCUT2D eigenvalue weighted by Gasteiger charge is 2.46. The van der Waals surface area contributed by atoms with Crippen molar-refractivity contribution in [2.75, 3.05) is 32.2 Å². The normalized spacial score (nSPS) is 19.7. The second-order valence-electron chi connectivity index (χ2n) is 17.4. The first-order chi connectivity index (χ1) is 36.2. The molecular formula is C54H83N3O16P2. The zero-order valence-electron chi connectivity index (χ0n) is 43.5. The molecule has 1 aromatic heterocycles. The summed E-state index contributed by atoms with van der Waals surface area (Å²) in [5.41, 5.74) is 4.57. The van der Waals surface area contributed by atoms with E-state index in [2.05, 4.69) is 89.1 Å². The van der Waals surface area contributed by atoms with Gasteiger partial charge in [-0.1, -0.05) is 136 Å². The number of hydrogen-bond acceptors (Lipinski definition) is 16. The van der Waals surface area contributed by atoms with Gasteiger partial charge in [-0.25, -0.2) is 13.9 Å². The molecule has 0 aromatic carbocycles. The number of hydrogen-bond donors (Lipinski definition) is 6. The second kappa shape index (κ2) is 41.5. The summed E-state index contributed by atoms with van der Waals surface area (Å²) >= 11 is 0. The van der Waals surface area contributed by atoms with Crippen molar-refractivity contribution in [1.29, 1.82) is 0 Å². The summed E-state index contributed by atoms with van der Waals surface area (Å²) in [6.45, 7) is -0.0110. The predicted molar refractivity (Wildman–Crippen MR) is 290 cm³/mol. The van der Waals surface area contributed by atoms with Crippen molar-refractivity contribution in [2.24, 2.45) is 0 Å². The maximum Gasteiger partial charge on any atom is 0.481 e. The van der Waals surface area contributed by atoms with Gasteiger partial charge >= 0.3 is 33.3 Å². The molecule has 7 N–H and O–H groups in total. The Morgan fingerprint density at radius 2 is 1.16 bits per heavy atom. The van der Waals surface area contributed by atoms with Gasteiger partial charge in [0.15, 0.2) is 12.3 Å². The fourth-order valence-electron chi connectivity index (χ4n) is 6.85. The fourth-order valence-corrected chi connectivity index (χ4v) is 8.96. The van der Waals surface area contributed by atoms with Crippen molar-refractivity contribution in [1.82, 2.24) is 9.55 Å². The molecule has 0 bridgehead atoms. The quantitative estimate of drug-likeness (QED) is 0.0154. The third-order valence-electron chi connectivity index (χ3n) is 10.9. The molecule has 0 spiro atoms. The van der Waals surface area contributed by atoms with Crippen LogP contribution in [0.5, 0.6) is 0 Å². The summed E-state index contributed by atoms with van der Waals surface area (Å²) in [6.07, 6.45) is 46.3. The number of aliphatic hydroxyl groups is 3. The fraction of sp³-hybridized carbons (Fsp3) is 0.556. The molecule has 7 atom stereocenters. The van der Waals surface area contributed by atoms with Crippen molar-refractivity contribution in [3.05, 3.63) is 132 Å². The summed E-state index contributed by atoms with van der Waals surface area (Å²) in [4.78, 5) is 61.9. The highest BCUT2D eigenvalue weighted by atomic mass is 31.3. The number of phosphoric acid groups is 2. The molecule has 420 valence electrons. The smallest absolute Gasteiger partial charge is 0.462 e. The first-order valence-electron chi connectivity index (χ1n) is 26.0. The van der Waals surface area contributed by atoms with Crippen LogP contribution < -0.4 is 11.4 Å². The van der Waals surface area contributed by atoms with E-state index in [4.69, 9.17) is 34.1 Å². The Balaban J connectivity index is 1.85. The number of aliphatic hydroxyl groups excluding tert-OH is 3. The van der Waals surface area contributed by atoms with Gasteiger partial charge in [0.05, 0.1) is 13.2 Å². The molecule has 2 heterocycles. The Morgan fingerprint density at radius 1 is 0.667 bits per heavy atom. The van der Waals surface area contributed by atoms with Crippen molar-refractivity contribution >= 4 is 33.4 Å². The number of anilines is 1. The summed E-state index contributed by atoms with van der Waals surface area (Å²) in [5, 5.41) is 29.7. The molecule has 0 amide bonds. The van der Waals surface area contributed by atoms with Gasteiger partial charge in [-0.2, -0.15) is 9.29 Å². The van der Waals surface area contributed by atoms with Crippen molar-refractivity contribution in [3.8, 4) is 0 Å². The number of phosphoric ester groups is 2. The number of carbonyl (C=O) groups is 2. The molecule has 0 aliphatic carbocycles. The highest BCUT2D eigenvalue weighted by Crippen LogP contribution is 2.60. The lowest BCUT2D eigenvalue weighted by atomic mass is 10.1. The highest BCUT2D eigenvalue weighted by molar-refractivity contribution is 7.61. The maximum atomic E-state index is 12.9. The summed E-state index contributed by atoms with van der Waals surface area (Å²) in [5.74, 6) is -1.49. The summed E-state index contributed by atoms with van der Waals surface area (Å²) in [6, 6.07) is 1.24. The number of aromatic nitrogens is 2. The third kappa shape index (κ3) is 33.9. The van der Waals surface area contributed by atoms with Crippen LogP contribution in [0.25, 0.3) is 0 Å². The molecule has 2 unspecified atom stereocenters. The van der Waals surface area contributed by atoms with Gasteiger partial charge < -0.3 is 45.1 Å². The Hall–Kier alpha value is -4.62. The minimum Gasteiger partial charge on any atom is -0.462 e. The number of unbranched alkanes of at least 4 members (excludes halogenated alkanes) is 7. The number of esters is 2. The van der Waals surface area contributed by atoms with E-state index in [1.807, 2.05) is 36.5 Å². The van der Waals surface area contributed by atoms with Crippen LogP contribution in [0, 0.1) is 0 Å². The zero-order valence-corrected chi connectivity index (χ0v) is 45.3. The SMILES string of the molecule is CCCCC/C=C\C/C=C\C/C=C\C/C=C\C/C=C\CCC(=O)OC[C@H](COP(=O)(O)OP(=O)(O)OC[C@H]1O[C@@H](n2ccc(N)nc2=O)[C@H](O)[C@@H]1O)OC(=O)CCC/C=C\C/C=C\C/C=C\C/C=C\CCCCCO. The van der Waals surface area contributed by atoms with E-state index < -0.39 is 83.7 Å². The second-order valence-corrected chi connectivity index (χ2v) is 20.4. The lowest BCUT2D eigenvalue weighted by Crippen LogP contribution is -2.36. The van der Waals surface area contributed by atoms with E-state index >= 15 is 0 Å². The minimum absolute atomic E-state index is 0.0202. The molecule has 0 saturated carbocycles. The van der Waals surface area contributed by atoms with Crippen LogP contribution in [-0.4, -0.2) is 97.4 Å². The molecule has 21 heteroatoms. The van der Waals surface area contributed by atoms with Crippen LogP contribution >= 0.6 is 15.6 Å². The van der Waals surface area contributed by atoms with Crippen LogP contribution in [-0.2, 0) is 46.3 Å². The number of nitrogens with two attached hydrogens (primary N) is 1. The molecule has 1 saturated heterocycles. The number of rotatable bonds is 42. The molecule has 0 radical (unpaired) electrons. The predicted octanol–water partition coefficient (Wildman–Crippen LogP) is 9.97. The Bertz CT molecular complexity index is 2190. The van der Waals surface area contributed by atoms with Crippen LogP contribution in [0.15, 0.2) is 126 Å². The molecule has 2 rings (SSSR count). The number of carbonyl (C=O) groups excluding carboxylic acids is 2. The van der Waals surface area contributed by atoms with E-state index in [0.29, 0.717) is 32.1 Å². The summed E-state index contributed by atoms with van der Waals surface area (Å²) in [7, 11) is -10.9. The topological polar surface area (TPSA) is 286 Å². The molecular weight excluding hydrogens is 1010 g/mol. The zero-order chi connectivity index (χ0) is 54.8. The van der Waals surface area contributed by atoms with Crippen LogP contribution in [0.2, 0.25) is 0 Å². The molecule has 1 aliphatic heterocycles. The lowest BCUT2D eigenvalue weighted by Gasteiger charge is -2.21. The van der Waals surface area contributed by atoms with Gasteiger partial charge in [0.2, 0.25) is 0 Å². The van der Waals surface area contributed by atoms with Gasteiger partial charge in [-0.15, -0.1) is 0 Å². The Labute approximate surface area is 443 Å². The number of allylic oxidation sites excluding steroid dienone is 18. The molecule has 75 heavy (non-hydrogen) atoms. The Kier molecular flexibility index (Phi) is 36.8. The van der Waals surface area contributed by atoms with Gasteiger partial charge in [-0.05, 0) is 102 Å². The van der Waals surface area contributed by atoms with E-state index in [-0.39, 0.29) is 25.3 Å². The largest absolute Gasteiger partial charge is 0.481 e. The van der Waals surface area contributed by atoms with Crippen LogP contribution in [0.4, 0.5) is 5.82 Å². The van der Waals surface area contributed by atoms with Gasteiger partial charge in [-0.3, -0.25) is 23.2 Å². The molecule has 19 nitrogen and oxygen atoms in total. The van der Waals surface area contributed by atoms with E-state index in [0.717, 1.165) is 75.0 Å². The maximum absolute atomic E-state index is 12.9.